The molecule has 0 aliphatic heterocycles. The smallest absolute Gasteiger partial charge is 0.189 e. The van der Waals surface area contributed by atoms with Crippen molar-refractivity contribution in [3.8, 4) is 5.75 Å². The van der Waals surface area contributed by atoms with E-state index in [-0.39, 0.29) is 6.79 Å². The molecule has 1 fully saturated rings. The quantitative estimate of drug-likeness (QED) is 0.501. The fourth-order valence-corrected chi connectivity index (χ4v) is 2.77. The maximum absolute atomic E-state index is 5.68. The summed E-state index contributed by atoms with van der Waals surface area (Å²) >= 11 is 6.80. The predicted molar refractivity (Wildman–Crippen MR) is 70.4 cm³/mol. The molecule has 0 amide bonds. The van der Waals surface area contributed by atoms with E-state index in [9.17, 15) is 0 Å². The van der Waals surface area contributed by atoms with Gasteiger partial charge in [-0.05, 0) is 62.8 Å². The third-order valence-corrected chi connectivity index (χ3v) is 3.54. The van der Waals surface area contributed by atoms with Crippen molar-refractivity contribution in [1.82, 2.24) is 0 Å². The summed E-state index contributed by atoms with van der Waals surface area (Å²) in [6.07, 6.45) is 2.57. The fourth-order valence-electron chi connectivity index (χ4n) is 1.32. The normalized spacial score (nSPS) is 15.1. The van der Waals surface area contributed by atoms with Crippen molar-refractivity contribution in [2.75, 3.05) is 19.1 Å². The molecule has 0 saturated heterocycles. The Morgan fingerprint density at radius 1 is 1.25 bits per heavy atom. The number of hydrogen-bond acceptors (Lipinski definition) is 3. The Kier molecular flexibility index (Phi) is 4.10. The molecule has 2 rings (SSSR count). The first-order valence-corrected chi connectivity index (χ1v) is 6.70. The van der Waals surface area contributed by atoms with Crippen LogP contribution in [0.4, 0.5) is 5.69 Å². The van der Waals surface area contributed by atoms with E-state index < -0.39 is 0 Å². The first kappa shape index (κ1) is 12.2. The molecule has 0 spiro atoms. The summed E-state index contributed by atoms with van der Waals surface area (Å²) in [5.41, 5.74) is 6.37. The van der Waals surface area contributed by atoms with E-state index >= 15 is 0 Å². The van der Waals surface area contributed by atoms with Crippen LogP contribution in [0.2, 0.25) is 0 Å². The van der Waals surface area contributed by atoms with E-state index in [1.165, 1.54) is 12.8 Å². The monoisotopic (exact) mass is 349 g/mol. The average molecular weight is 351 g/mol. The van der Waals surface area contributed by atoms with E-state index in [0.717, 1.165) is 27.2 Å². The molecule has 0 unspecified atom stereocenters. The SMILES string of the molecule is Nc1cc(Br)c(OCOCC2CC2)c(Br)c1. The summed E-state index contributed by atoms with van der Waals surface area (Å²) in [6, 6.07) is 3.61. The van der Waals surface area contributed by atoms with Crippen LogP contribution in [0.3, 0.4) is 0 Å². The molecule has 5 heteroatoms. The van der Waals surface area contributed by atoms with Crippen LogP contribution in [0, 0.1) is 5.92 Å². The summed E-state index contributed by atoms with van der Waals surface area (Å²) in [6.45, 7) is 1.07. The highest BCUT2D eigenvalue weighted by Gasteiger charge is 2.21. The summed E-state index contributed by atoms with van der Waals surface area (Å²) in [5.74, 6) is 1.48. The topological polar surface area (TPSA) is 44.5 Å². The Morgan fingerprint density at radius 2 is 1.88 bits per heavy atom. The van der Waals surface area contributed by atoms with E-state index in [1.807, 2.05) is 0 Å². The first-order valence-electron chi connectivity index (χ1n) is 5.12. The molecule has 1 aliphatic carbocycles. The van der Waals surface area contributed by atoms with Gasteiger partial charge in [-0.25, -0.2) is 0 Å². The summed E-state index contributed by atoms with van der Waals surface area (Å²) in [7, 11) is 0. The Labute approximate surface area is 112 Å². The maximum atomic E-state index is 5.68. The zero-order valence-corrected chi connectivity index (χ0v) is 11.9. The summed E-state index contributed by atoms with van der Waals surface area (Å²) < 4.78 is 12.6. The molecule has 1 aromatic rings. The molecule has 88 valence electrons. The van der Waals surface area contributed by atoms with Gasteiger partial charge in [0.1, 0.15) is 0 Å². The van der Waals surface area contributed by atoms with Gasteiger partial charge in [0.05, 0.1) is 15.6 Å². The van der Waals surface area contributed by atoms with Crippen LogP contribution in [0.25, 0.3) is 0 Å². The third-order valence-electron chi connectivity index (χ3n) is 2.36. The van der Waals surface area contributed by atoms with Gasteiger partial charge < -0.3 is 15.2 Å². The van der Waals surface area contributed by atoms with Crippen LogP contribution >= 0.6 is 31.9 Å². The third kappa shape index (κ3) is 3.37. The minimum absolute atomic E-state index is 0.275. The lowest BCUT2D eigenvalue weighted by molar-refractivity contribution is 0.00915. The van der Waals surface area contributed by atoms with Crippen LogP contribution in [0.5, 0.6) is 5.75 Å². The number of hydrogen-bond donors (Lipinski definition) is 1. The van der Waals surface area contributed by atoms with Gasteiger partial charge in [0.2, 0.25) is 0 Å². The number of halogens is 2. The molecule has 0 heterocycles. The summed E-state index contributed by atoms with van der Waals surface area (Å²) in [4.78, 5) is 0. The number of nitrogen functional groups attached to an aromatic ring is 1. The number of nitrogens with two attached hydrogens (primary N) is 1. The second-order valence-electron chi connectivity index (χ2n) is 3.89. The van der Waals surface area contributed by atoms with Crippen LogP contribution in [0.1, 0.15) is 12.8 Å². The van der Waals surface area contributed by atoms with Gasteiger partial charge in [-0.3, -0.25) is 0 Å². The second-order valence-corrected chi connectivity index (χ2v) is 5.60. The van der Waals surface area contributed by atoms with Gasteiger partial charge in [0.25, 0.3) is 0 Å². The Hall–Kier alpha value is -0.260. The molecule has 16 heavy (non-hydrogen) atoms. The van der Waals surface area contributed by atoms with Crippen molar-refractivity contribution < 1.29 is 9.47 Å². The maximum Gasteiger partial charge on any atom is 0.189 e. The molecule has 1 saturated carbocycles. The number of ether oxygens (including phenoxy) is 2. The highest BCUT2D eigenvalue weighted by Crippen LogP contribution is 2.35. The molecular weight excluding hydrogens is 338 g/mol. The van der Waals surface area contributed by atoms with Crippen molar-refractivity contribution in [2.45, 2.75) is 12.8 Å². The average Bonchev–Trinajstić information content (AvgIpc) is 2.98. The van der Waals surface area contributed by atoms with E-state index in [2.05, 4.69) is 31.9 Å². The molecule has 0 atom stereocenters. The lowest BCUT2D eigenvalue weighted by atomic mass is 10.3. The van der Waals surface area contributed by atoms with Crippen molar-refractivity contribution in [1.29, 1.82) is 0 Å². The van der Waals surface area contributed by atoms with Crippen LogP contribution < -0.4 is 10.5 Å². The molecule has 0 radical (unpaired) electrons. The molecule has 2 N–H and O–H groups in total. The molecule has 0 bridgehead atoms. The van der Waals surface area contributed by atoms with E-state index in [1.54, 1.807) is 12.1 Å². The predicted octanol–water partition coefficient (Wildman–Crippen LogP) is 3.56. The van der Waals surface area contributed by atoms with E-state index in [4.69, 9.17) is 15.2 Å². The van der Waals surface area contributed by atoms with Crippen LogP contribution in [-0.2, 0) is 4.74 Å². The summed E-state index contributed by atoms with van der Waals surface area (Å²) in [5, 5.41) is 0. The molecule has 1 aliphatic rings. The van der Waals surface area contributed by atoms with Gasteiger partial charge in [-0.2, -0.15) is 0 Å². The minimum atomic E-state index is 0.275. The number of rotatable bonds is 5. The Balaban J connectivity index is 1.87. The van der Waals surface area contributed by atoms with E-state index in [0.29, 0.717) is 5.69 Å². The zero-order chi connectivity index (χ0) is 11.5. The van der Waals surface area contributed by atoms with Gasteiger partial charge in [-0.15, -0.1) is 0 Å². The Bertz CT molecular complexity index is 357. The number of benzene rings is 1. The second kappa shape index (κ2) is 5.38. The van der Waals surface area contributed by atoms with Gasteiger partial charge >= 0.3 is 0 Å². The van der Waals surface area contributed by atoms with Crippen molar-refractivity contribution in [3.63, 3.8) is 0 Å². The largest absolute Gasteiger partial charge is 0.465 e. The van der Waals surface area contributed by atoms with Gasteiger partial charge in [0.15, 0.2) is 12.5 Å². The van der Waals surface area contributed by atoms with Gasteiger partial charge in [-0.1, -0.05) is 0 Å². The Morgan fingerprint density at radius 3 is 2.44 bits per heavy atom. The minimum Gasteiger partial charge on any atom is -0.465 e. The van der Waals surface area contributed by atoms with Crippen molar-refractivity contribution in [2.24, 2.45) is 5.92 Å². The lowest BCUT2D eigenvalue weighted by Crippen LogP contribution is -2.06. The van der Waals surface area contributed by atoms with Gasteiger partial charge in [0, 0.05) is 5.69 Å². The molecular formula is C11H13Br2NO2. The first-order chi connectivity index (χ1) is 7.66. The lowest BCUT2D eigenvalue weighted by Gasteiger charge is -2.11. The fraction of sp³-hybridized carbons (Fsp3) is 0.455. The van der Waals surface area contributed by atoms with Crippen molar-refractivity contribution in [3.05, 3.63) is 21.1 Å². The highest BCUT2D eigenvalue weighted by molar-refractivity contribution is 9.11. The molecule has 0 aromatic heterocycles. The highest BCUT2D eigenvalue weighted by atomic mass is 79.9. The van der Waals surface area contributed by atoms with Crippen LogP contribution in [-0.4, -0.2) is 13.4 Å². The zero-order valence-electron chi connectivity index (χ0n) is 8.71. The number of anilines is 1. The van der Waals surface area contributed by atoms with Crippen LogP contribution in [0.15, 0.2) is 21.1 Å². The molecule has 3 nitrogen and oxygen atoms in total. The molecule has 1 aromatic carbocycles. The standard InChI is InChI=1S/C11H13Br2NO2/c12-9-3-8(14)4-10(13)11(9)16-6-15-5-7-1-2-7/h3-4,7H,1-2,5-6,14H2. The van der Waals surface area contributed by atoms with Crippen molar-refractivity contribution >= 4 is 37.5 Å².